The van der Waals surface area contributed by atoms with E-state index in [4.69, 9.17) is 10.5 Å². The lowest BCUT2D eigenvalue weighted by Gasteiger charge is -2.53. The van der Waals surface area contributed by atoms with Crippen molar-refractivity contribution in [1.82, 2.24) is 19.7 Å². The third-order valence-electron chi connectivity index (χ3n) is 7.90. The maximum atomic E-state index is 12.7. The van der Waals surface area contributed by atoms with Crippen LogP contribution in [-0.2, 0) is 6.42 Å². The first-order chi connectivity index (χ1) is 15.9. The Labute approximate surface area is 195 Å². The average molecular weight is 454 g/mol. The number of ether oxygens (including phenoxy) is 1. The molecule has 3 aliphatic heterocycles. The van der Waals surface area contributed by atoms with Gasteiger partial charge in [0.05, 0.1) is 5.52 Å². The summed E-state index contributed by atoms with van der Waals surface area (Å²) < 4.78 is 7.31. The van der Waals surface area contributed by atoms with Crippen molar-refractivity contribution in [3.63, 3.8) is 0 Å². The van der Waals surface area contributed by atoms with Crippen LogP contribution in [0.25, 0.3) is 10.9 Å². The lowest BCUT2D eigenvalue weighted by molar-refractivity contribution is -0.0138. The third-order valence-corrected chi connectivity index (χ3v) is 7.90. The van der Waals surface area contributed by atoms with E-state index in [1.807, 2.05) is 31.1 Å². The molecule has 0 spiro atoms. The van der Waals surface area contributed by atoms with Gasteiger partial charge in [-0.3, -0.25) is 9.47 Å². The van der Waals surface area contributed by atoms with E-state index in [0.717, 1.165) is 49.1 Å². The lowest BCUT2D eigenvalue weighted by Crippen LogP contribution is -2.56. The second-order valence-corrected chi connectivity index (χ2v) is 10.2. The van der Waals surface area contributed by atoms with Gasteiger partial charge in [-0.1, -0.05) is 13.3 Å². The van der Waals surface area contributed by atoms with E-state index in [-0.39, 0.29) is 0 Å². The number of nitrogens with zero attached hydrogens (tertiary/aromatic N) is 3. The van der Waals surface area contributed by atoms with Crippen LogP contribution < -0.4 is 15.8 Å². The second-order valence-electron chi connectivity index (χ2n) is 10.2. The first-order valence-electron chi connectivity index (χ1n) is 12.2. The Morgan fingerprint density at radius 3 is 2.82 bits per heavy atom. The van der Waals surface area contributed by atoms with Gasteiger partial charge in [-0.2, -0.15) is 0 Å². The molecule has 2 unspecified atom stereocenters. The van der Waals surface area contributed by atoms with Gasteiger partial charge in [0.1, 0.15) is 5.75 Å². The summed E-state index contributed by atoms with van der Waals surface area (Å²) in [5, 5.41) is 3.75. The molecule has 33 heavy (non-hydrogen) atoms. The van der Waals surface area contributed by atoms with E-state index in [1.54, 1.807) is 10.6 Å². The van der Waals surface area contributed by atoms with Crippen LogP contribution in [0, 0.1) is 11.8 Å². The fraction of sp³-hybridized carbons (Fsp3) is 0.600. The SMILES string of the molecule is CC[C@H]1C[C@H]2C[C@H]3c4c(c5cc(OC(=O)NCCN(C)C)ccc5n4C(N)=O)CCN(C2)C13. The molecule has 178 valence electrons. The summed E-state index contributed by atoms with van der Waals surface area (Å²) in [6.45, 7) is 5.70. The first-order valence-corrected chi connectivity index (χ1v) is 12.2. The van der Waals surface area contributed by atoms with Crippen LogP contribution in [0.5, 0.6) is 5.75 Å². The second kappa shape index (κ2) is 8.65. The number of amides is 2. The number of nitrogens with two attached hydrogens (primary N) is 1. The molecule has 1 aromatic carbocycles. The van der Waals surface area contributed by atoms with Crippen molar-refractivity contribution in [3.8, 4) is 5.75 Å². The fourth-order valence-corrected chi connectivity index (χ4v) is 6.66. The van der Waals surface area contributed by atoms with Crippen molar-refractivity contribution in [2.45, 2.75) is 44.6 Å². The van der Waals surface area contributed by atoms with Gasteiger partial charge >= 0.3 is 12.1 Å². The van der Waals surface area contributed by atoms with Crippen molar-refractivity contribution in [3.05, 3.63) is 29.5 Å². The van der Waals surface area contributed by atoms with Gasteiger partial charge in [0.2, 0.25) is 0 Å². The molecule has 8 heteroatoms. The summed E-state index contributed by atoms with van der Waals surface area (Å²) in [5.41, 5.74) is 9.05. The summed E-state index contributed by atoms with van der Waals surface area (Å²) in [7, 11) is 3.91. The average Bonchev–Trinajstić information content (AvgIpc) is 3.05. The molecular formula is C25H35N5O3. The highest BCUT2D eigenvalue weighted by molar-refractivity contribution is 5.96. The molecule has 8 nitrogen and oxygen atoms in total. The molecule has 6 rings (SSSR count). The zero-order valence-corrected chi connectivity index (χ0v) is 19.8. The molecule has 4 aliphatic rings. The van der Waals surface area contributed by atoms with Crippen LogP contribution >= 0.6 is 0 Å². The van der Waals surface area contributed by atoms with Crippen molar-refractivity contribution in [2.75, 3.05) is 40.3 Å². The molecule has 3 fully saturated rings. The van der Waals surface area contributed by atoms with Gasteiger partial charge in [0.15, 0.2) is 0 Å². The molecule has 4 bridgehead atoms. The Kier molecular flexibility index (Phi) is 5.82. The van der Waals surface area contributed by atoms with Crippen LogP contribution in [-0.4, -0.2) is 72.8 Å². The first kappa shape index (κ1) is 22.2. The standard InChI is InChI=1S/C25H35N5O3/c1-4-16-11-15-12-20-22(16)29(14-15)9-7-18-19-13-17(33-25(32)27-8-10-28(2)3)5-6-21(19)30(23(18)20)24(26)31/h5-6,13,15-16,20,22H,4,7-12,14H2,1-3H3,(H2,26,31)(H,27,32)/t15-,16-,20+,22?/m0/s1. The van der Waals surface area contributed by atoms with Crippen LogP contribution in [0.3, 0.4) is 0 Å². The van der Waals surface area contributed by atoms with Crippen molar-refractivity contribution >= 4 is 23.0 Å². The van der Waals surface area contributed by atoms with Crippen LogP contribution in [0.2, 0.25) is 0 Å². The van der Waals surface area contributed by atoms with E-state index in [2.05, 4.69) is 17.1 Å². The number of likely N-dealkylation sites (N-methyl/N-ethyl adjacent to an activating group) is 1. The van der Waals surface area contributed by atoms with Gasteiger partial charge in [-0.15, -0.1) is 0 Å². The summed E-state index contributed by atoms with van der Waals surface area (Å²) in [5.74, 6) is 2.14. The van der Waals surface area contributed by atoms with E-state index >= 15 is 0 Å². The van der Waals surface area contributed by atoms with Crippen molar-refractivity contribution in [1.29, 1.82) is 0 Å². The normalized spacial score (nSPS) is 27.9. The van der Waals surface area contributed by atoms with Crippen molar-refractivity contribution in [2.24, 2.45) is 17.6 Å². The number of benzene rings is 1. The van der Waals surface area contributed by atoms with E-state index < -0.39 is 12.1 Å². The Bertz CT molecular complexity index is 1080. The number of fused-ring (bicyclic) bond motifs is 4. The Morgan fingerprint density at radius 2 is 2.09 bits per heavy atom. The van der Waals surface area contributed by atoms with Gasteiger partial charge in [-0.25, -0.2) is 9.59 Å². The minimum absolute atomic E-state index is 0.318. The van der Waals surface area contributed by atoms with Crippen LogP contribution in [0.4, 0.5) is 9.59 Å². The Morgan fingerprint density at radius 1 is 1.27 bits per heavy atom. The highest BCUT2D eigenvalue weighted by Gasteiger charge is 2.49. The largest absolute Gasteiger partial charge is 0.412 e. The van der Waals surface area contributed by atoms with Gasteiger partial charge in [0, 0.05) is 49.2 Å². The molecule has 5 atom stereocenters. The quantitative estimate of drug-likeness (QED) is 0.726. The van der Waals surface area contributed by atoms with E-state index in [9.17, 15) is 9.59 Å². The number of carbonyl (C=O) groups excluding carboxylic acids is 2. The molecule has 3 N–H and O–H groups in total. The Balaban J connectivity index is 1.52. The number of hydrogen-bond acceptors (Lipinski definition) is 5. The van der Waals surface area contributed by atoms with Crippen LogP contribution in [0.15, 0.2) is 18.2 Å². The van der Waals surface area contributed by atoms with E-state index in [0.29, 0.717) is 36.1 Å². The molecule has 2 saturated heterocycles. The fourth-order valence-electron chi connectivity index (χ4n) is 6.66. The predicted molar refractivity (Wildman–Crippen MR) is 128 cm³/mol. The minimum atomic E-state index is -0.471. The lowest BCUT2D eigenvalue weighted by atomic mass is 9.65. The summed E-state index contributed by atoms with van der Waals surface area (Å²) >= 11 is 0. The van der Waals surface area contributed by atoms with Gasteiger partial charge in [0.25, 0.3) is 0 Å². The highest BCUT2D eigenvalue weighted by atomic mass is 16.6. The zero-order valence-electron chi connectivity index (χ0n) is 19.8. The Hall–Kier alpha value is -2.58. The predicted octanol–water partition coefficient (Wildman–Crippen LogP) is 2.98. The zero-order chi connectivity index (χ0) is 23.3. The smallest absolute Gasteiger partial charge is 0.410 e. The van der Waals surface area contributed by atoms with Crippen molar-refractivity contribution < 1.29 is 14.3 Å². The molecule has 2 aromatic rings. The molecule has 2 amide bonds. The number of primary amides is 1. The summed E-state index contributed by atoms with van der Waals surface area (Å²) in [6.07, 6.45) is 3.98. The molecule has 1 aliphatic carbocycles. The number of carbonyl (C=O) groups is 2. The molecule has 0 radical (unpaired) electrons. The topological polar surface area (TPSA) is 92.8 Å². The van der Waals surface area contributed by atoms with Gasteiger partial charge < -0.3 is 20.7 Å². The van der Waals surface area contributed by atoms with Crippen LogP contribution in [0.1, 0.15) is 43.4 Å². The minimum Gasteiger partial charge on any atom is -0.410 e. The molecule has 4 heterocycles. The maximum Gasteiger partial charge on any atom is 0.412 e. The van der Waals surface area contributed by atoms with E-state index in [1.165, 1.54) is 18.4 Å². The number of rotatable bonds is 5. The summed E-state index contributed by atoms with van der Waals surface area (Å²) in [4.78, 5) is 29.6. The number of nitrogens with one attached hydrogen (secondary N) is 1. The number of aromatic nitrogens is 1. The number of piperidine rings is 2. The molecule has 1 saturated carbocycles. The summed E-state index contributed by atoms with van der Waals surface area (Å²) in [6, 6.07) is 5.56. The van der Waals surface area contributed by atoms with Gasteiger partial charge in [-0.05, 0) is 69.0 Å². The highest BCUT2D eigenvalue weighted by Crippen LogP contribution is 2.52. The third kappa shape index (κ3) is 3.89. The maximum absolute atomic E-state index is 12.7. The monoisotopic (exact) mass is 453 g/mol. The number of hydrogen-bond donors (Lipinski definition) is 2. The molecule has 1 aromatic heterocycles. The molecular weight excluding hydrogens is 418 g/mol.